The van der Waals surface area contributed by atoms with Crippen molar-refractivity contribution >= 4 is 40.3 Å². The third kappa shape index (κ3) is 5.71. The standard InChI is InChI=1S/C30H31N5O3/c1-34-18-3-5-28(34)30(38)33-25-14-10-23(11-15-25)31-22-8-12-24(13-9-22)32-29(37)21-6-16-26(17-7-21)35-19-2-4-27(35)20-36/h3,5-18,27,31,36H,2,4,19-20H2,1H3,(H,32,37)(H,33,38). The van der Waals surface area contributed by atoms with Gasteiger partial charge in [-0.1, -0.05) is 0 Å². The molecule has 1 unspecified atom stereocenters. The van der Waals surface area contributed by atoms with Gasteiger partial charge in [0.15, 0.2) is 0 Å². The maximum absolute atomic E-state index is 12.7. The molecular formula is C30H31N5O3. The Morgan fingerprint density at radius 3 is 1.95 bits per heavy atom. The van der Waals surface area contributed by atoms with Crippen LogP contribution < -0.4 is 20.9 Å². The minimum Gasteiger partial charge on any atom is -0.394 e. The molecule has 38 heavy (non-hydrogen) atoms. The number of aromatic nitrogens is 1. The summed E-state index contributed by atoms with van der Waals surface area (Å²) in [7, 11) is 1.83. The van der Waals surface area contributed by atoms with Gasteiger partial charge in [-0.15, -0.1) is 0 Å². The van der Waals surface area contributed by atoms with Gasteiger partial charge in [-0.25, -0.2) is 0 Å². The summed E-state index contributed by atoms with van der Waals surface area (Å²) in [4.78, 5) is 27.3. The molecule has 5 rings (SSSR count). The van der Waals surface area contributed by atoms with Gasteiger partial charge in [-0.05, 0) is 97.8 Å². The zero-order chi connectivity index (χ0) is 26.5. The highest BCUT2D eigenvalue weighted by molar-refractivity contribution is 6.04. The average Bonchev–Trinajstić information content (AvgIpc) is 3.60. The molecule has 8 nitrogen and oxygen atoms in total. The van der Waals surface area contributed by atoms with Crippen LogP contribution in [0.1, 0.15) is 33.7 Å². The Morgan fingerprint density at radius 2 is 1.39 bits per heavy atom. The zero-order valence-electron chi connectivity index (χ0n) is 21.2. The minimum atomic E-state index is -0.176. The van der Waals surface area contributed by atoms with Crippen molar-refractivity contribution in [2.75, 3.05) is 34.0 Å². The van der Waals surface area contributed by atoms with E-state index in [2.05, 4.69) is 20.9 Å². The second kappa shape index (κ2) is 11.2. The molecular weight excluding hydrogens is 478 g/mol. The van der Waals surface area contributed by atoms with Gasteiger partial charge in [0, 0.05) is 53.8 Å². The first-order valence-corrected chi connectivity index (χ1v) is 12.7. The second-order valence-corrected chi connectivity index (χ2v) is 9.41. The van der Waals surface area contributed by atoms with Crippen LogP contribution in [0.5, 0.6) is 0 Å². The number of carbonyl (C=O) groups is 2. The van der Waals surface area contributed by atoms with E-state index in [1.54, 1.807) is 10.6 Å². The molecule has 3 aromatic carbocycles. The van der Waals surface area contributed by atoms with Gasteiger partial charge in [0.25, 0.3) is 11.8 Å². The first-order valence-electron chi connectivity index (χ1n) is 12.7. The van der Waals surface area contributed by atoms with Crippen molar-refractivity contribution in [2.24, 2.45) is 7.05 Å². The van der Waals surface area contributed by atoms with E-state index in [1.165, 1.54) is 0 Å². The van der Waals surface area contributed by atoms with Crippen molar-refractivity contribution in [3.05, 3.63) is 102 Å². The summed E-state index contributed by atoms with van der Waals surface area (Å²) < 4.78 is 1.77. The number of benzene rings is 3. The van der Waals surface area contributed by atoms with Crippen molar-refractivity contribution in [3.8, 4) is 0 Å². The molecule has 4 aromatic rings. The highest BCUT2D eigenvalue weighted by atomic mass is 16.3. The topological polar surface area (TPSA) is 98.6 Å². The Balaban J connectivity index is 1.14. The normalized spacial score (nSPS) is 14.8. The number of amides is 2. The fourth-order valence-electron chi connectivity index (χ4n) is 4.71. The van der Waals surface area contributed by atoms with Gasteiger partial charge >= 0.3 is 0 Å². The zero-order valence-corrected chi connectivity index (χ0v) is 21.2. The molecule has 1 aliphatic rings. The van der Waals surface area contributed by atoms with Crippen LogP contribution in [0.25, 0.3) is 0 Å². The van der Waals surface area contributed by atoms with Crippen LogP contribution in [-0.4, -0.2) is 40.7 Å². The molecule has 1 atom stereocenters. The van der Waals surface area contributed by atoms with Crippen molar-refractivity contribution in [3.63, 3.8) is 0 Å². The van der Waals surface area contributed by atoms with Gasteiger partial charge in [0.05, 0.1) is 12.6 Å². The molecule has 2 amide bonds. The summed E-state index contributed by atoms with van der Waals surface area (Å²) in [5, 5.41) is 18.7. The Hall–Kier alpha value is -4.56. The van der Waals surface area contributed by atoms with Crippen LogP contribution in [0.2, 0.25) is 0 Å². The Kier molecular flexibility index (Phi) is 7.42. The summed E-state index contributed by atoms with van der Waals surface area (Å²) in [6.45, 7) is 1.07. The van der Waals surface area contributed by atoms with E-state index in [4.69, 9.17) is 0 Å². The van der Waals surface area contributed by atoms with E-state index >= 15 is 0 Å². The van der Waals surface area contributed by atoms with Crippen molar-refractivity contribution < 1.29 is 14.7 Å². The van der Waals surface area contributed by atoms with Crippen molar-refractivity contribution in [1.29, 1.82) is 0 Å². The maximum Gasteiger partial charge on any atom is 0.272 e. The SMILES string of the molecule is Cn1cccc1C(=O)Nc1ccc(Nc2ccc(NC(=O)c3ccc(N4CCCC4CO)cc3)cc2)cc1. The fourth-order valence-corrected chi connectivity index (χ4v) is 4.71. The number of rotatable bonds is 8. The Bertz CT molecular complexity index is 1400. The number of anilines is 5. The number of nitrogens with one attached hydrogen (secondary N) is 3. The Labute approximate surface area is 221 Å². The van der Waals surface area contributed by atoms with Gasteiger partial charge in [0.1, 0.15) is 5.69 Å². The van der Waals surface area contributed by atoms with Crippen LogP contribution in [0, 0.1) is 0 Å². The largest absolute Gasteiger partial charge is 0.394 e. The first-order chi connectivity index (χ1) is 18.5. The van der Waals surface area contributed by atoms with Crippen LogP contribution in [0.3, 0.4) is 0 Å². The molecule has 0 aliphatic carbocycles. The fraction of sp³-hybridized carbons (Fsp3) is 0.200. The van der Waals surface area contributed by atoms with Gasteiger partial charge in [0.2, 0.25) is 0 Å². The molecule has 8 heteroatoms. The predicted octanol–water partition coefficient (Wildman–Crippen LogP) is 5.23. The van der Waals surface area contributed by atoms with E-state index in [1.807, 2.05) is 92.1 Å². The number of nitrogens with zero attached hydrogens (tertiary/aromatic N) is 2. The quantitative estimate of drug-likeness (QED) is 0.261. The number of hydrogen-bond donors (Lipinski definition) is 4. The third-order valence-electron chi connectivity index (χ3n) is 6.80. The van der Waals surface area contributed by atoms with E-state index in [9.17, 15) is 14.7 Å². The first kappa shape index (κ1) is 25.1. The number of aliphatic hydroxyl groups is 1. The summed E-state index contributed by atoms with van der Waals surface area (Å²) >= 11 is 0. The molecule has 1 aliphatic heterocycles. The summed E-state index contributed by atoms with van der Waals surface area (Å²) in [6, 6.07) is 26.2. The lowest BCUT2D eigenvalue weighted by atomic mass is 10.1. The van der Waals surface area contributed by atoms with Crippen LogP contribution in [0.15, 0.2) is 91.1 Å². The number of aryl methyl sites for hydroxylation is 1. The average molecular weight is 510 g/mol. The molecule has 2 heterocycles. The molecule has 0 bridgehead atoms. The lowest BCUT2D eigenvalue weighted by Gasteiger charge is -2.25. The second-order valence-electron chi connectivity index (χ2n) is 9.41. The van der Waals surface area contributed by atoms with E-state index in [-0.39, 0.29) is 24.5 Å². The molecule has 1 fully saturated rings. The number of hydrogen-bond acceptors (Lipinski definition) is 5. The van der Waals surface area contributed by atoms with Crippen LogP contribution in [-0.2, 0) is 7.05 Å². The van der Waals surface area contributed by atoms with E-state index in [0.29, 0.717) is 22.6 Å². The Morgan fingerprint density at radius 1 is 0.816 bits per heavy atom. The highest BCUT2D eigenvalue weighted by Crippen LogP contribution is 2.26. The van der Waals surface area contributed by atoms with E-state index < -0.39 is 0 Å². The van der Waals surface area contributed by atoms with Crippen LogP contribution in [0.4, 0.5) is 28.4 Å². The monoisotopic (exact) mass is 509 g/mol. The molecule has 0 saturated carbocycles. The molecule has 194 valence electrons. The highest BCUT2D eigenvalue weighted by Gasteiger charge is 2.24. The van der Waals surface area contributed by atoms with Crippen LogP contribution >= 0.6 is 0 Å². The predicted molar refractivity (Wildman–Crippen MR) is 151 cm³/mol. The lowest BCUT2D eigenvalue weighted by Crippen LogP contribution is -2.31. The smallest absolute Gasteiger partial charge is 0.272 e. The van der Waals surface area contributed by atoms with Crippen molar-refractivity contribution in [1.82, 2.24) is 4.57 Å². The maximum atomic E-state index is 12.7. The molecule has 4 N–H and O–H groups in total. The molecule has 1 saturated heterocycles. The summed E-state index contributed by atoms with van der Waals surface area (Å²) in [5.41, 5.74) is 5.35. The number of aliphatic hydroxyl groups excluding tert-OH is 1. The minimum absolute atomic E-state index is 0.144. The van der Waals surface area contributed by atoms with Gasteiger partial charge in [-0.2, -0.15) is 0 Å². The van der Waals surface area contributed by atoms with E-state index in [0.717, 1.165) is 36.4 Å². The molecule has 1 aromatic heterocycles. The van der Waals surface area contributed by atoms with Crippen molar-refractivity contribution in [2.45, 2.75) is 18.9 Å². The van der Waals surface area contributed by atoms with Gasteiger partial charge < -0.3 is 30.5 Å². The summed E-state index contributed by atoms with van der Waals surface area (Å²) in [6.07, 6.45) is 3.89. The molecule has 0 spiro atoms. The lowest BCUT2D eigenvalue weighted by molar-refractivity contribution is 0.101. The van der Waals surface area contributed by atoms with Gasteiger partial charge in [-0.3, -0.25) is 9.59 Å². The molecule has 0 radical (unpaired) electrons. The number of carbonyl (C=O) groups excluding carboxylic acids is 2. The summed E-state index contributed by atoms with van der Waals surface area (Å²) in [5.74, 6) is -0.334. The third-order valence-corrected chi connectivity index (χ3v) is 6.80.